The summed E-state index contributed by atoms with van der Waals surface area (Å²) in [5, 5.41) is 16.7. The maximum atomic E-state index is 11.1. The minimum Gasteiger partial charge on any atom is -0.389 e. The molecule has 104 valence electrons. The van der Waals surface area contributed by atoms with E-state index < -0.39 is 5.60 Å². The highest BCUT2D eigenvalue weighted by Crippen LogP contribution is 2.33. The number of aliphatic hydroxyl groups is 1. The van der Waals surface area contributed by atoms with E-state index in [0.717, 1.165) is 44.6 Å². The van der Waals surface area contributed by atoms with Crippen LogP contribution >= 0.6 is 0 Å². The topological polar surface area (TPSA) is 61.4 Å². The van der Waals surface area contributed by atoms with Crippen LogP contribution in [0.25, 0.3) is 0 Å². The van der Waals surface area contributed by atoms with E-state index in [0.29, 0.717) is 13.0 Å². The van der Waals surface area contributed by atoms with Crippen molar-refractivity contribution < 1.29 is 9.90 Å². The molecule has 1 atom stereocenters. The maximum Gasteiger partial charge on any atom is 0.220 e. The van der Waals surface area contributed by atoms with Crippen molar-refractivity contribution in [3.63, 3.8) is 0 Å². The van der Waals surface area contributed by atoms with Crippen molar-refractivity contribution in [2.45, 2.75) is 63.5 Å². The molecule has 1 unspecified atom stereocenters. The molecule has 0 aromatic rings. The fraction of sp³-hybridized carbons (Fsp3) is 0.929. The Morgan fingerprint density at radius 3 is 2.67 bits per heavy atom. The van der Waals surface area contributed by atoms with Crippen LogP contribution in [0.4, 0.5) is 0 Å². The van der Waals surface area contributed by atoms with Crippen molar-refractivity contribution in [2.75, 3.05) is 13.1 Å². The van der Waals surface area contributed by atoms with Crippen LogP contribution in [-0.4, -0.2) is 35.7 Å². The van der Waals surface area contributed by atoms with Crippen LogP contribution < -0.4 is 10.6 Å². The second-order valence-electron chi connectivity index (χ2n) is 6.01. The third-order valence-corrected chi connectivity index (χ3v) is 4.54. The molecule has 1 aliphatic heterocycles. The highest BCUT2D eigenvalue weighted by atomic mass is 16.3. The lowest BCUT2D eigenvalue weighted by Gasteiger charge is -2.36. The molecule has 0 aromatic heterocycles. The number of rotatable bonds is 5. The summed E-state index contributed by atoms with van der Waals surface area (Å²) in [4.78, 5) is 11.1. The molecule has 3 N–H and O–H groups in total. The molecule has 2 aliphatic rings. The first kappa shape index (κ1) is 13.8. The number of carbonyl (C=O) groups excluding carboxylic acids is 1. The third-order valence-electron chi connectivity index (χ3n) is 4.54. The van der Waals surface area contributed by atoms with Crippen molar-refractivity contribution in [3.8, 4) is 0 Å². The molecule has 4 nitrogen and oxygen atoms in total. The maximum absolute atomic E-state index is 11.1. The van der Waals surface area contributed by atoms with Crippen LogP contribution in [0.1, 0.15) is 51.9 Å². The number of hydrogen-bond acceptors (Lipinski definition) is 3. The van der Waals surface area contributed by atoms with Gasteiger partial charge in [-0.1, -0.05) is 13.3 Å². The SMILES string of the molecule is CCC1CCC(O)(CNCC2CCC(=O)N2)CC1. The molecule has 2 fully saturated rings. The summed E-state index contributed by atoms with van der Waals surface area (Å²) in [5.41, 5.74) is -0.520. The van der Waals surface area contributed by atoms with Crippen LogP contribution in [0.2, 0.25) is 0 Å². The van der Waals surface area contributed by atoms with E-state index in [9.17, 15) is 9.90 Å². The van der Waals surface area contributed by atoms with E-state index in [4.69, 9.17) is 0 Å². The Morgan fingerprint density at radius 1 is 1.39 bits per heavy atom. The van der Waals surface area contributed by atoms with E-state index >= 15 is 0 Å². The first-order chi connectivity index (χ1) is 8.61. The van der Waals surface area contributed by atoms with Crippen LogP contribution in [0.15, 0.2) is 0 Å². The molecule has 18 heavy (non-hydrogen) atoms. The highest BCUT2D eigenvalue weighted by molar-refractivity contribution is 5.78. The lowest BCUT2D eigenvalue weighted by Crippen LogP contribution is -2.46. The van der Waals surface area contributed by atoms with Gasteiger partial charge in [0.15, 0.2) is 0 Å². The Morgan fingerprint density at radius 2 is 2.11 bits per heavy atom. The van der Waals surface area contributed by atoms with E-state index in [-0.39, 0.29) is 11.9 Å². The zero-order valence-electron chi connectivity index (χ0n) is 11.4. The number of nitrogens with one attached hydrogen (secondary N) is 2. The van der Waals surface area contributed by atoms with Gasteiger partial charge in [0.2, 0.25) is 5.91 Å². The smallest absolute Gasteiger partial charge is 0.220 e. The number of hydrogen-bond donors (Lipinski definition) is 3. The van der Waals surface area contributed by atoms with Gasteiger partial charge in [-0.05, 0) is 38.0 Å². The zero-order valence-corrected chi connectivity index (χ0v) is 11.4. The Labute approximate surface area is 110 Å². The molecular formula is C14H26N2O2. The molecule has 1 saturated heterocycles. The quantitative estimate of drug-likeness (QED) is 0.690. The summed E-state index contributed by atoms with van der Waals surface area (Å²) < 4.78 is 0. The Balaban J connectivity index is 1.65. The fourth-order valence-corrected chi connectivity index (χ4v) is 3.11. The predicted octanol–water partition coefficient (Wildman–Crippen LogP) is 1.19. The van der Waals surface area contributed by atoms with Gasteiger partial charge in [-0.15, -0.1) is 0 Å². The summed E-state index contributed by atoms with van der Waals surface area (Å²) in [6, 6.07) is 0.257. The second kappa shape index (κ2) is 6.02. The summed E-state index contributed by atoms with van der Waals surface area (Å²) in [5.74, 6) is 0.961. The van der Waals surface area contributed by atoms with E-state index in [1.165, 1.54) is 6.42 Å². The van der Waals surface area contributed by atoms with Gasteiger partial charge >= 0.3 is 0 Å². The van der Waals surface area contributed by atoms with Crippen molar-refractivity contribution in [1.29, 1.82) is 0 Å². The monoisotopic (exact) mass is 254 g/mol. The summed E-state index contributed by atoms with van der Waals surface area (Å²) >= 11 is 0. The number of amides is 1. The van der Waals surface area contributed by atoms with Gasteiger partial charge in [-0.25, -0.2) is 0 Å². The summed E-state index contributed by atoms with van der Waals surface area (Å²) in [7, 11) is 0. The predicted molar refractivity (Wildman–Crippen MR) is 71.2 cm³/mol. The molecule has 1 amide bonds. The van der Waals surface area contributed by atoms with Gasteiger partial charge in [-0.3, -0.25) is 4.79 Å². The normalized spacial score (nSPS) is 36.7. The molecule has 0 spiro atoms. The summed E-state index contributed by atoms with van der Waals surface area (Å²) in [6.45, 7) is 3.68. The van der Waals surface area contributed by atoms with Gasteiger partial charge < -0.3 is 15.7 Å². The molecule has 1 aliphatic carbocycles. The number of carbonyl (C=O) groups is 1. The van der Waals surface area contributed by atoms with Crippen molar-refractivity contribution in [3.05, 3.63) is 0 Å². The fourth-order valence-electron chi connectivity index (χ4n) is 3.11. The molecule has 0 bridgehead atoms. The molecule has 0 aromatic carbocycles. The average molecular weight is 254 g/mol. The molecule has 1 heterocycles. The Kier molecular flexibility index (Phi) is 4.62. The van der Waals surface area contributed by atoms with Gasteiger partial charge in [0, 0.05) is 25.6 Å². The average Bonchev–Trinajstić information content (AvgIpc) is 2.76. The van der Waals surface area contributed by atoms with Crippen LogP contribution in [0.3, 0.4) is 0 Å². The van der Waals surface area contributed by atoms with Gasteiger partial charge in [0.05, 0.1) is 5.60 Å². The molecule has 4 heteroatoms. The van der Waals surface area contributed by atoms with Crippen LogP contribution in [0, 0.1) is 5.92 Å². The molecule has 2 rings (SSSR count). The minimum absolute atomic E-state index is 0.156. The molecule has 1 saturated carbocycles. The molecular weight excluding hydrogens is 228 g/mol. The van der Waals surface area contributed by atoms with Crippen molar-refractivity contribution >= 4 is 5.91 Å². The van der Waals surface area contributed by atoms with Crippen LogP contribution in [-0.2, 0) is 4.79 Å². The van der Waals surface area contributed by atoms with E-state index in [2.05, 4.69) is 17.6 Å². The van der Waals surface area contributed by atoms with Gasteiger partial charge in [0.25, 0.3) is 0 Å². The van der Waals surface area contributed by atoms with Gasteiger partial charge in [0.1, 0.15) is 0 Å². The Hall–Kier alpha value is -0.610. The van der Waals surface area contributed by atoms with E-state index in [1.807, 2.05) is 0 Å². The van der Waals surface area contributed by atoms with Crippen LogP contribution in [0.5, 0.6) is 0 Å². The lowest BCUT2D eigenvalue weighted by molar-refractivity contribution is -0.119. The Bertz CT molecular complexity index is 286. The minimum atomic E-state index is -0.520. The first-order valence-electron chi connectivity index (χ1n) is 7.34. The van der Waals surface area contributed by atoms with Crippen molar-refractivity contribution in [2.24, 2.45) is 5.92 Å². The standard InChI is InChI=1S/C14H26N2O2/c1-2-11-5-7-14(18,8-6-11)10-15-9-12-3-4-13(17)16-12/h11-12,15,18H,2-10H2,1H3,(H,16,17). The zero-order chi connectivity index (χ0) is 13.0. The van der Waals surface area contributed by atoms with E-state index in [1.54, 1.807) is 0 Å². The first-order valence-corrected chi connectivity index (χ1v) is 7.34. The largest absolute Gasteiger partial charge is 0.389 e. The molecule has 0 radical (unpaired) electrons. The summed E-state index contributed by atoms with van der Waals surface area (Å²) in [6.07, 6.45) is 6.92. The second-order valence-corrected chi connectivity index (χ2v) is 6.01. The van der Waals surface area contributed by atoms with Crippen molar-refractivity contribution in [1.82, 2.24) is 10.6 Å². The highest BCUT2D eigenvalue weighted by Gasteiger charge is 2.32. The lowest BCUT2D eigenvalue weighted by atomic mass is 9.78. The van der Waals surface area contributed by atoms with Gasteiger partial charge in [-0.2, -0.15) is 0 Å². The third kappa shape index (κ3) is 3.69.